The molecule has 0 aliphatic carbocycles. The first kappa shape index (κ1) is 20.3. The number of rotatable bonds is 7. The van der Waals surface area contributed by atoms with E-state index in [-0.39, 0.29) is 12.0 Å². The summed E-state index contributed by atoms with van der Waals surface area (Å²) in [7, 11) is 1.40. The van der Waals surface area contributed by atoms with Gasteiger partial charge in [0, 0.05) is 25.5 Å². The van der Waals surface area contributed by atoms with Crippen LogP contribution in [-0.2, 0) is 16.0 Å². The van der Waals surface area contributed by atoms with Gasteiger partial charge in [0.2, 0.25) is 11.8 Å². The fraction of sp³-hybridized carbons (Fsp3) is 0.182. The van der Waals surface area contributed by atoms with Crippen molar-refractivity contribution in [1.29, 1.82) is 0 Å². The molecule has 2 amide bonds. The molecule has 3 aromatic rings. The molecule has 2 aromatic carbocycles. The summed E-state index contributed by atoms with van der Waals surface area (Å²) in [4.78, 5) is 24.5. The molecule has 0 spiro atoms. The lowest BCUT2D eigenvalue weighted by Gasteiger charge is -2.18. The summed E-state index contributed by atoms with van der Waals surface area (Å²) in [5.74, 6) is -1.73. The van der Waals surface area contributed by atoms with Gasteiger partial charge < -0.3 is 15.1 Å². The number of likely N-dealkylation sites (N-methyl/N-ethyl adjacent to an activating group) is 1. The van der Waals surface area contributed by atoms with Crippen LogP contribution in [0.2, 0.25) is 0 Å². The minimum absolute atomic E-state index is 0.0684. The van der Waals surface area contributed by atoms with Crippen molar-refractivity contribution < 1.29 is 22.8 Å². The van der Waals surface area contributed by atoms with E-state index < -0.39 is 29.5 Å². The number of nitrogens with one attached hydrogen (secondary N) is 2. The number of carbonyl (C=O) groups excluding carboxylic acids is 2. The molecule has 1 atom stereocenters. The topological polar surface area (TPSA) is 71.3 Å². The van der Waals surface area contributed by atoms with Crippen LogP contribution in [0.3, 0.4) is 0 Å². The molecule has 2 N–H and O–H groups in total. The molecule has 1 unspecified atom stereocenters. The van der Waals surface area contributed by atoms with Crippen molar-refractivity contribution in [2.45, 2.75) is 18.9 Å². The summed E-state index contributed by atoms with van der Waals surface area (Å²) >= 11 is 0. The lowest BCUT2D eigenvalue weighted by Crippen LogP contribution is -2.39. The lowest BCUT2D eigenvalue weighted by atomic mass is 10.1. The molecule has 0 aliphatic heterocycles. The second kappa shape index (κ2) is 9.14. The molecule has 0 bridgehead atoms. The summed E-state index contributed by atoms with van der Waals surface area (Å²) in [5, 5.41) is 4.97. The first-order valence-corrected chi connectivity index (χ1v) is 9.08. The molecule has 0 radical (unpaired) electrons. The monoisotopic (exact) mass is 398 g/mol. The maximum Gasteiger partial charge on any atom is 0.246 e. The Bertz CT molecular complexity index is 1000. The molecule has 1 heterocycles. The van der Waals surface area contributed by atoms with Gasteiger partial charge in [-0.05, 0) is 29.8 Å². The number of benzene rings is 2. The fourth-order valence-electron chi connectivity index (χ4n) is 2.88. The SMILES string of the molecule is CNC(=O)C(NC(=O)CCc1ccc(-c2ccccc2)o1)c1ccc(F)c(F)c1. The zero-order valence-electron chi connectivity index (χ0n) is 15.7. The van der Waals surface area contributed by atoms with Gasteiger partial charge in [0.15, 0.2) is 11.6 Å². The maximum atomic E-state index is 13.5. The Balaban J connectivity index is 1.64. The second-order valence-electron chi connectivity index (χ2n) is 6.42. The van der Waals surface area contributed by atoms with E-state index in [0.717, 1.165) is 17.7 Å². The third kappa shape index (κ3) is 5.07. The highest BCUT2D eigenvalue weighted by molar-refractivity contribution is 5.88. The van der Waals surface area contributed by atoms with Gasteiger partial charge in [0.1, 0.15) is 17.6 Å². The molecule has 150 valence electrons. The van der Waals surface area contributed by atoms with Gasteiger partial charge in [0.05, 0.1) is 0 Å². The third-order valence-corrected chi connectivity index (χ3v) is 4.41. The smallest absolute Gasteiger partial charge is 0.246 e. The lowest BCUT2D eigenvalue weighted by molar-refractivity contribution is -0.128. The fourth-order valence-corrected chi connectivity index (χ4v) is 2.88. The average molecular weight is 398 g/mol. The number of amides is 2. The Kier molecular flexibility index (Phi) is 6.39. The standard InChI is InChI=1S/C22H20F2N2O3/c1-25-22(28)21(15-7-10-17(23)18(24)13-15)26-20(27)12-9-16-8-11-19(29-16)14-5-3-2-4-6-14/h2-8,10-11,13,21H,9,12H2,1H3,(H,25,28)(H,26,27). The minimum Gasteiger partial charge on any atom is -0.461 e. The van der Waals surface area contributed by atoms with Crippen molar-refractivity contribution in [3.05, 3.63) is 83.6 Å². The highest BCUT2D eigenvalue weighted by Gasteiger charge is 2.23. The van der Waals surface area contributed by atoms with E-state index in [1.165, 1.54) is 13.1 Å². The highest BCUT2D eigenvalue weighted by atomic mass is 19.2. The average Bonchev–Trinajstić information content (AvgIpc) is 3.22. The van der Waals surface area contributed by atoms with E-state index in [1.54, 1.807) is 6.07 Å². The molecule has 7 heteroatoms. The normalized spacial score (nSPS) is 11.7. The molecular weight excluding hydrogens is 378 g/mol. The second-order valence-corrected chi connectivity index (χ2v) is 6.42. The summed E-state index contributed by atoms with van der Waals surface area (Å²) in [6, 6.07) is 15.1. The van der Waals surface area contributed by atoms with Crippen molar-refractivity contribution >= 4 is 11.8 Å². The van der Waals surface area contributed by atoms with E-state index in [4.69, 9.17) is 4.42 Å². The minimum atomic E-state index is -1.13. The molecule has 0 aliphatic rings. The van der Waals surface area contributed by atoms with Gasteiger partial charge in [-0.1, -0.05) is 36.4 Å². The number of furan rings is 1. The summed E-state index contributed by atoms with van der Waals surface area (Å²) in [6.45, 7) is 0. The molecular formula is C22H20F2N2O3. The molecule has 1 aromatic heterocycles. The largest absolute Gasteiger partial charge is 0.461 e. The number of carbonyl (C=O) groups is 2. The number of halogens is 2. The van der Waals surface area contributed by atoms with Crippen LogP contribution >= 0.6 is 0 Å². The Morgan fingerprint density at radius 3 is 2.45 bits per heavy atom. The zero-order valence-corrected chi connectivity index (χ0v) is 15.7. The summed E-state index contributed by atoms with van der Waals surface area (Å²) < 4.78 is 32.4. The summed E-state index contributed by atoms with van der Waals surface area (Å²) in [5.41, 5.74) is 1.09. The molecule has 0 fully saturated rings. The van der Waals surface area contributed by atoms with Crippen LogP contribution in [0.25, 0.3) is 11.3 Å². The molecule has 0 saturated carbocycles. The van der Waals surface area contributed by atoms with Crippen LogP contribution in [0.1, 0.15) is 23.8 Å². The van der Waals surface area contributed by atoms with Gasteiger partial charge >= 0.3 is 0 Å². The Hall–Kier alpha value is -3.48. The Morgan fingerprint density at radius 2 is 1.76 bits per heavy atom. The number of aryl methyl sites for hydroxylation is 1. The predicted molar refractivity (Wildman–Crippen MR) is 104 cm³/mol. The maximum absolute atomic E-state index is 13.5. The first-order chi connectivity index (χ1) is 14.0. The van der Waals surface area contributed by atoms with Crippen LogP contribution in [-0.4, -0.2) is 18.9 Å². The van der Waals surface area contributed by atoms with Gasteiger partial charge in [0.25, 0.3) is 0 Å². The third-order valence-electron chi connectivity index (χ3n) is 4.41. The van der Waals surface area contributed by atoms with Crippen LogP contribution in [0, 0.1) is 11.6 Å². The van der Waals surface area contributed by atoms with Gasteiger partial charge in [-0.15, -0.1) is 0 Å². The zero-order chi connectivity index (χ0) is 20.8. The van der Waals surface area contributed by atoms with Crippen molar-refractivity contribution in [2.24, 2.45) is 0 Å². The number of hydrogen-bond donors (Lipinski definition) is 2. The quantitative estimate of drug-likeness (QED) is 0.637. The van der Waals surface area contributed by atoms with E-state index >= 15 is 0 Å². The predicted octanol–water partition coefficient (Wildman–Crippen LogP) is 3.76. The van der Waals surface area contributed by atoms with Gasteiger partial charge in [-0.25, -0.2) is 8.78 Å². The van der Waals surface area contributed by atoms with Crippen molar-refractivity contribution in [3.8, 4) is 11.3 Å². The summed E-state index contributed by atoms with van der Waals surface area (Å²) in [6.07, 6.45) is 0.399. The van der Waals surface area contributed by atoms with Crippen LogP contribution in [0.5, 0.6) is 0 Å². The molecule has 0 saturated heterocycles. The Morgan fingerprint density at radius 1 is 1.00 bits per heavy atom. The highest BCUT2D eigenvalue weighted by Crippen LogP contribution is 2.22. The first-order valence-electron chi connectivity index (χ1n) is 9.08. The van der Waals surface area contributed by atoms with Crippen molar-refractivity contribution in [3.63, 3.8) is 0 Å². The van der Waals surface area contributed by atoms with Gasteiger partial charge in [-0.2, -0.15) is 0 Å². The van der Waals surface area contributed by atoms with E-state index in [1.807, 2.05) is 36.4 Å². The number of hydrogen-bond acceptors (Lipinski definition) is 3. The van der Waals surface area contributed by atoms with Crippen LogP contribution in [0.4, 0.5) is 8.78 Å². The van der Waals surface area contributed by atoms with Crippen LogP contribution < -0.4 is 10.6 Å². The molecule has 5 nitrogen and oxygen atoms in total. The molecule has 3 rings (SSSR count). The van der Waals surface area contributed by atoms with Gasteiger partial charge in [-0.3, -0.25) is 9.59 Å². The van der Waals surface area contributed by atoms with E-state index in [9.17, 15) is 18.4 Å². The van der Waals surface area contributed by atoms with Crippen molar-refractivity contribution in [2.75, 3.05) is 7.05 Å². The molecule has 29 heavy (non-hydrogen) atoms. The van der Waals surface area contributed by atoms with E-state index in [2.05, 4.69) is 10.6 Å². The van der Waals surface area contributed by atoms with Crippen molar-refractivity contribution in [1.82, 2.24) is 10.6 Å². The Labute approximate surface area is 166 Å². The van der Waals surface area contributed by atoms with E-state index in [0.29, 0.717) is 17.9 Å². The van der Waals surface area contributed by atoms with Crippen LogP contribution in [0.15, 0.2) is 65.1 Å².